The van der Waals surface area contributed by atoms with Crippen molar-refractivity contribution < 1.29 is 10.2 Å². The van der Waals surface area contributed by atoms with Crippen molar-refractivity contribution in [3.8, 4) is 11.5 Å². The van der Waals surface area contributed by atoms with E-state index in [4.69, 9.17) is 0 Å². The minimum absolute atomic E-state index is 0.0400. The van der Waals surface area contributed by atoms with Crippen LogP contribution in [0.1, 0.15) is 16.0 Å². The first kappa shape index (κ1) is 10.7. The summed E-state index contributed by atoms with van der Waals surface area (Å²) in [6.07, 6.45) is 4.63. The lowest BCUT2D eigenvalue weighted by Crippen LogP contribution is -2.01. The molecule has 0 amide bonds. The van der Waals surface area contributed by atoms with E-state index in [0.717, 1.165) is 11.1 Å². The molecule has 1 aliphatic carbocycles. The van der Waals surface area contributed by atoms with E-state index in [-0.39, 0.29) is 16.3 Å². The SMILES string of the molecule is Oc1c2c(c(O)c3ccccc13)C(Br)C=CC2. The molecule has 0 aliphatic heterocycles. The summed E-state index contributed by atoms with van der Waals surface area (Å²) >= 11 is 3.50. The number of phenolic OH excluding ortho intramolecular Hbond substituents is 2. The monoisotopic (exact) mass is 290 g/mol. The van der Waals surface area contributed by atoms with Crippen LogP contribution in [0.5, 0.6) is 11.5 Å². The van der Waals surface area contributed by atoms with Crippen LogP contribution in [0, 0.1) is 0 Å². The van der Waals surface area contributed by atoms with Crippen LogP contribution in [0.3, 0.4) is 0 Å². The highest BCUT2D eigenvalue weighted by molar-refractivity contribution is 9.09. The number of aromatic hydroxyl groups is 2. The van der Waals surface area contributed by atoms with Crippen LogP contribution in [0.2, 0.25) is 0 Å². The van der Waals surface area contributed by atoms with Crippen molar-refractivity contribution in [2.75, 3.05) is 0 Å². The molecule has 0 bridgehead atoms. The minimum atomic E-state index is -0.0400. The van der Waals surface area contributed by atoms with Crippen LogP contribution in [-0.4, -0.2) is 10.2 Å². The Balaban J connectivity index is 2.47. The summed E-state index contributed by atoms with van der Waals surface area (Å²) in [6, 6.07) is 7.36. The van der Waals surface area contributed by atoms with Gasteiger partial charge in [-0.2, -0.15) is 0 Å². The summed E-state index contributed by atoms with van der Waals surface area (Å²) in [6.45, 7) is 0. The quantitative estimate of drug-likeness (QED) is 0.440. The van der Waals surface area contributed by atoms with E-state index in [9.17, 15) is 10.2 Å². The van der Waals surface area contributed by atoms with Crippen LogP contribution in [0.15, 0.2) is 36.4 Å². The first-order valence-corrected chi connectivity index (χ1v) is 6.38. The third-order valence-corrected chi connectivity index (χ3v) is 3.97. The lowest BCUT2D eigenvalue weighted by molar-refractivity contribution is 0.459. The molecule has 2 aromatic carbocycles. The van der Waals surface area contributed by atoms with Crippen LogP contribution >= 0.6 is 15.9 Å². The van der Waals surface area contributed by atoms with E-state index in [1.807, 2.05) is 36.4 Å². The van der Waals surface area contributed by atoms with Gasteiger partial charge in [-0.1, -0.05) is 52.3 Å². The van der Waals surface area contributed by atoms with Crippen molar-refractivity contribution in [3.63, 3.8) is 0 Å². The second kappa shape index (κ2) is 3.77. The molecule has 17 heavy (non-hydrogen) atoms. The Kier molecular flexibility index (Phi) is 2.37. The van der Waals surface area contributed by atoms with E-state index in [2.05, 4.69) is 15.9 Å². The summed E-state index contributed by atoms with van der Waals surface area (Å²) in [5.74, 6) is 0.543. The van der Waals surface area contributed by atoms with E-state index < -0.39 is 0 Å². The predicted octanol–water partition coefficient (Wildman–Crippen LogP) is 3.80. The Morgan fingerprint density at radius 3 is 2.41 bits per heavy atom. The zero-order chi connectivity index (χ0) is 12.0. The van der Waals surface area contributed by atoms with Crippen LogP contribution < -0.4 is 0 Å². The maximum Gasteiger partial charge on any atom is 0.128 e. The van der Waals surface area contributed by atoms with Gasteiger partial charge < -0.3 is 10.2 Å². The van der Waals surface area contributed by atoms with Gasteiger partial charge in [-0.25, -0.2) is 0 Å². The molecule has 0 saturated carbocycles. The molecule has 0 heterocycles. The average Bonchev–Trinajstić information content (AvgIpc) is 2.36. The number of phenols is 2. The van der Waals surface area contributed by atoms with E-state index in [0.29, 0.717) is 17.2 Å². The maximum atomic E-state index is 10.3. The number of allylic oxidation sites excluding steroid dienone is 2. The first-order chi connectivity index (χ1) is 8.20. The molecule has 2 nitrogen and oxygen atoms in total. The summed E-state index contributed by atoms with van der Waals surface area (Å²) in [7, 11) is 0. The Bertz CT molecular complexity index is 632. The molecule has 0 spiro atoms. The summed E-state index contributed by atoms with van der Waals surface area (Å²) in [4.78, 5) is -0.0400. The maximum absolute atomic E-state index is 10.3. The number of benzene rings is 2. The van der Waals surface area contributed by atoms with Crippen molar-refractivity contribution in [1.82, 2.24) is 0 Å². The predicted molar refractivity (Wildman–Crippen MR) is 71.8 cm³/mol. The molecular formula is C14H11BrO2. The summed E-state index contributed by atoms with van der Waals surface area (Å²) < 4.78 is 0. The van der Waals surface area contributed by atoms with E-state index in [1.165, 1.54) is 0 Å². The minimum Gasteiger partial charge on any atom is -0.507 e. The Morgan fingerprint density at radius 2 is 1.71 bits per heavy atom. The molecule has 1 atom stereocenters. The number of rotatable bonds is 0. The van der Waals surface area contributed by atoms with Gasteiger partial charge in [-0.3, -0.25) is 0 Å². The molecule has 3 rings (SSSR count). The molecule has 0 radical (unpaired) electrons. The zero-order valence-corrected chi connectivity index (χ0v) is 10.6. The molecule has 1 unspecified atom stereocenters. The van der Waals surface area contributed by atoms with Gasteiger partial charge in [0.25, 0.3) is 0 Å². The molecule has 1 aliphatic rings. The highest BCUT2D eigenvalue weighted by atomic mass is 79.9. The van der Waals surface area contributed by atoms with Crippen molar-refractivity contribution in [1.29, 1.82) is 0 Å². The van der Waals surface area contributed by atoms with Gasteiger partial charge in [-0.05, 0) is 6.42 Å². The summed E-state index contributed by atoms with van der Waals surface area (Å²) in [5.41, 5.74) is 1.59. The van der Waals surface area contributed by atoms with Gasteiger partial charge >= 0.3 is 0 Å². The fourth-order valence-corrected chi connectivity index (χ4v) is 3.09. The molecular weight excluding hydrogens is 280 g/mol. The normalized spacial score (nSPS) is 18.3. The van der Waals surface area contributed by atoms with Crippen LogP contribution in [0.4, 0.5) is 0 Å². The van der Waals surface area contributed by atoms with Gasteiger partial charge in [0.05, 0.1) is 4.83 Å². The highest BCUT2D eigenvalue weighted by Gasteiger charge is 2.23. The largest absolute Gasteiger partial charge is 0.507 e. The van der Waals surface area contributed by atoms with E-state index in [1.54, 1.807) is 0 Å². The molecule has 0 aromatic heterocycles. The van der Waals surface area contributed by atoms with Crippen molar-refractivity contribution in [2.24, 2.45) is 0 Å². The second-order valence-corrected chi connectivity index (χ2v) is 5.16. The first-order valence-electron chi connectivity index (χ1n) is 5.46. The van der Waals surface area contributed by atoms with Gasteiger partial charge in [0.1, 0.15) is 11.5 Å². The number of alkyl halides is 1. The molecule has 0 fully saturated rings. The molecule has 2 N–H and O–H groups in total. The lowest BCUT2D eigenvalue weighted by Gasteiger charge is -2.20. The fourth-order valence-electron chi connectivity index (χ4n) is 2.38. The lowest BCUT2D eigenvalue weighted by atomic mass is 9.91. The molecule has 2 aromatic rings. The third kappa shape index (κ3) is 1.46. The van der Waals surface area contributed by atoms with Crippen molar-refractivity contribution in [2.45, 2.75) is 11.2 Å². The number of halogens is 1. The van der Waals surface area contributed by atoms with Gasteiger partial charge in [0.2, 0.25) is 0 Å². The zero-order valence-electron chi connectivity index (χ0n) is 9.02. The average molecular weight is 291 g/mol. The van der Waals surface area contributed by atoms with Crippen molar-refractivity contribution >= 4 is 26.7 Å². The topological polar surface area (TPSA) is 40.5 Å². The number of fused-ring (bicyclic) bond motifs is 2. The Morgan fingerprint density at radius 1 is 1.06 bits per heavy atom. The van der Waals surface area contributed by atoms with Gasteiger partial charge in [0, 0.05) is 21.9 Å². The highest BCUT2D eigenvalue weighted by Crippen LogP contribution is 2.46. The number of hydrogen-bond donors (Lipinski definition) is 2. The Labute approximate surface area is 107 Å². The van der Waals surface area contributed by atoms with E-state index >= 15 is 0 Å². The van der Waals surface area contributed by atoms with Crippen molar-refractivity contribution in [3.05, 3.63) is 47.5 Å². The third-order valence-electron chi connectivity index (χ3n) is 3.21. The van der Waals surface area contributed by atoms with Crippen LogP contribution in [-0.2, 0) is 6.42 Å². The second-order valence-electron chi connectivity index (χ2n) is 4.17. The molecule has 0 saturated heterocycles. The molecule has 3 heteroatoms. The Hall–Kier alpha value is -1.48. The number of hydrogen-bond acceptors (Lipinski definition) is 2. The fraction of sp³-hybridized carbons (Fsp3) is 0.143. The smallest absolute Gasteiger partial charge is 0.128 e. The summed E-state index contributed by atoms with van der Waals surface area (Å²) in [5, 5.41) is 22.0. The van der Waals surface area contributed by atoms with Gasteiger partial charge in [0.15, 0.2) is 0 Å². The standard InChI is InChI=1S/C14H11BrO2/c15-11-7-3-6-10-12(11)14(17)9-5-2-1-4-8(9)13(10)16/h1-5,7,11,16-17H,6H2. The van der Waals surface area contributed by atoms with Crippen LogP contribution in [0.25, 0.3) is 10.8 Å². The van der Waals surface area contributed by atoms with Gasteiger partial charge in [-0.15, -0.1) is 0 Å². The molecule has 86 valence electrons.